The second-order valence-electron chi connectivity index (χ2n) is 6.17. The first-order valence-electron chi connectivity index (χ1n) is 8.23. The number of nitrogens with one attached hydrogen (secondary N) is 4. The first kappa shape index (κ1) is 15.7. The van der Waals surface area contributed by atoms with Crippen LogP contribution >= 0.6 is 0 Å². The number of nitrogens with zero attached hydrogens (tertiary/aromatic N) is 1. The first-order valence-corrected chi connectivity index (χ1v) is 8.23. The van der Waals surface area contributed by atoms with Gasteiger partial charge in [0.25, 0.3) is 11.8 Å². The van der Waals surface area contributed by atoms with E-state index in [1.165, 1.54) is 0 Å². The highest BCUT2D eigenvalue weighted by molar-refractivity contribution is 6.12. The Morgan fingerprint density at radius 1 is 1.22 bits per heavy atom. The Kier molecular flexibility index (Phi) is 4.76. The molecule has 124 valence electrons. The molecule has 2 saturated heterocycles. The zero-order valence-electron chi connectivity index (χ0n) is 13.2. The highest BCUT2D eigenvalue weighted by Crippen LogP contribution is 2.22. The predicted molar refractivity (Wildman–Crippen MR) is 86.6 cm³/mol. The Morgan fingerprint density at radius 2 is 1.91 bits per heavy atom. The summed E-state index contributed by atoms with van der Waals surface area (Å²) < 4.78 is 0. The lowest BCUT2D eigenvalue weighted by Crippen LogP contribution is -2.43. The Labute approximate surface area is 135 Å². The van der Waals surface area contributed by atoms with Gasteiger partial charge in [0.1, 0.15) is 5.82 Å². The molecule has 23 heavy (non-hydrogen) atoms. The van der Waals surface area contributed by atoms with Crippen molar-refractivity contribution in [1.82, 2.24) is 20.9 Å². The zero-order chi connectivity index (χ0) is 16.2. The molecule has 0 aromatic rings. The molecule has 0 bridgehead atoms. The van der Waals surface area contributed by atoms with E-state index in [4.69, 9.17) is 5.41 Å². The summed E-state index contributed by atoms with van der Waals surface area (Å²) in [6.45, 7) is 3.28. The summed E-state index contributed by atoms with van der Waals surface area (Å²) in [6.07, 6.45) is 6.51. The molecule has 0 spiro atoms. The highest BCUT2D eigenvalue weighted by atomic mass is 16.2. The third kappa shape index (κ3) is 3.44. The molecule has 3 heterocycles. The molecular formula is C16H23N5O2. The molecule has 3 aliphatic rings. The van der Waals surface area contributed by atoms with E-state index in [9.17, 15) is 9.59 Å². The summed E-state index contributed by atoms with van der Waals surface area (Å²) in [5, 5.41) is 16.8. The van der Waals surface area contributed by atoms with Gasteiger partial charge in [-0.25, -0.2) is 0 Å². The highest BCUT2D eigenvalue weighted by Gasteiger charge is 2.28. The van der Waals surface area contributed by atoms with Gasteiger partial charge < -0.3 is 26.3 Å². The van der Waals surface area contributed by atoms with Crippen LogP contribution in [0.15, 0.2) is 23.2 Å². The number of amides is 2. The first-order chi connectivity index (χ1) is 11.2. The van der Waals surface area contributed by atoms with Gasteiger partial charge in [0.05, 0.1) is 5.57 Å². The van der Waals surface area contributed by atoms with Crippen molar-refractivity contribution in [1.29, 1.82) is 5.41 Å². The van der Waals surface area contributed by atoms with Crippen LogP contribution in [0.1, 0.15) is 25.7 Å². The standard InChI is InChI=1S/C16H23N5O2/c17-10-12(16(23)21-7-1-2-8-21)15-19-13(9-14(22)20-15)11-3-5-18-6-4-11/h9-11,17-19H,1-8H2,(H,20,22)/b15-12-,17-10?. The lowest BCUT2D eigenvalue weighted by molar-refractivity contribution is -0.125. The summed E-state index contributed by atoms with van der Waals surface area (Å²) >= 11 is 0. The lowest BCUT2D eigenvalue weighted by atomic mass is 9.93. The molecule has 7 nitrogen and oxygen atoms in total. The van der Waals surface area contributed by atoms with E-state index in [0.717, 1.165) is 50.7 Å². The van der Waals surface area contributed by atoms with Crippen molar-refractivity contribution >= 4 is 18.0 Å². The summed E-state index contributed by atoms with van der Waals surface area (Å²) in [5.74, 6) is 0.205. The van der Waals surface area contributed by atoms with Gasteiger partial charge in [-0.3, -0.25) is 9.59 Å². The normalized spacial score (nSPS) is 24.6. The van der Waals surface area contributed by atoms with Crippen LogP contribution in [0, 0.1) is 11.3 Å². The number of piperidine rings is 1. The summed E-state index contributed by atoms with van der Waals surface area (Å²) in [4.78, 5) is 26.3. The second kappa shape index (κ2) is 6.95. The van der Waals surface area contributed by atoms with Crippen LogP contribution in [-0.2, 0) is 9.59 Å². The Bertz CT molecular complexity index is 569. The average molecular weight is 317 g/mol. The maximum atomic E-state index is 12.6. The van der Waals surface area contributed by atoms with Crippen molar-refractivity contribution in [2.75, 3.05) is 26.2 Å². The molecule has 2 amide bonds. The Balaban J connectivity index is 1.82. The van der Waals surface area contributed by atoms with Gasteiger partial charge in [-0.15, -0.1) is 0 Å². The van der Waals surface area contributed by atoms with Crippen molar-refractivity contribution in [2.24, 2.45) is 5.92 Å². The van der Waals surface area contributed by atoms with Gasteiger partial charge in [0, 0.05) is 37.0 Å². The molecule has 7 heteroatoms. The van der Waals surface area contributed by atoms with Gasteiger partial charge in [0.2, 0.25) is 0 Å². The molecule has 4 N–H and O–H groups in total. The third-order valence-electron chi connectivity index (χ3n) is 4.62. The van der Waals surface area contributed by atoms with Gasteiger partial charge in [-0.2, -0.15) is 0 Å². The molecule has 0 atom stereocenters. The fourth-order valence-corrected chi connectivity index (χ4v) is 3.33. The molecule has 0 aromatic carbocycles. The monoisotopic (exact) mass is 317 g/mol. The van der Waals surface area contributed by atoms with E-state index in [2.05, 4.69) is 16.0 Å². The number of rotatable bonds is 3. The minimum absolute atomic E-state index is 0.188. The van der Waals surface area contributed by atoms with E-state index in [0.29, 0.717) is 18.9 Å². The van der Waals surface area contributed by atoms with Gasteiger partial charge in [-0.05, 0) is 38.8 Å². The number of allylic oxidation sites excluding steroid dienone is 1. The largest absolute Gasteiger partial charge is 0.344 e. The SMILES string of the molecule is N=C/C(C(=O)N1CCCC1)=C1/NC(=O)C=C(C2CCNCC2)N1. The predicted octanol–water partition coefficient (Wildman–Crippen LogP) is 0.0729. The van der Waals surface area contributed by atoms with Gasteiger partial charge >= 0.3 is 0 Å². The van der Waals surface area contributed by atoms with Crippen LogP contribution in [0.2, 0.25) is 0 Å². The Hall–Kier alpha value is -2.15. The van der Waals surface area contributed by atoms with Crippen molar-refractivity contribution in [2.45, 2.75) is 25.7 Å². The van der Waals surface area contributed by atoms with Gasteiger partial charge in [-0.1, -0.05) is 0 Å². The quantitative estimate of drug-likeness (QED) is 0.437. The maximum absolute atomic E-state index is 12.6. The van der Waals surface area contributed by atoms with Crippen LogP contribution in [0.4, 0.5) is 0 Å². The van der Waals surface area contributed by atoms with Crippen LogP contribution in [0.3, 0.4) is 0 Å². The minimum atomic E-state index is -0.235. The van der Waals surface area contributed by atoms with Crippen LogP contribution in [-0.4, -0.2) is 49.1 Å². The van der Waals surface area contributed by atoms with E-state index in [1.54, 1.807) is 11.0 Å². The van der Waals surface area contributed by atoms with Crippen molar-refractivity contribution in [3.05, 3.63) is 23.2 Å². The van der Waals surface area contributed by atoms with Crippen molar-refractivity contribution in [3.63, 3.8) is 0 Å². The topological polar surface area (TPSA) is 97.3 Å². The average Bonchev–Trinajstić information content (AvgIpc) is 3.10. The molecule has 0 saturated carbocycles. The summed E-state index contributed by atoms with van der Waals surface area (Å²) in [7, 11) is 0. The fraction of sp³-hybridized carbons (Fsp3) is 0.562. The van der Waals surface area contributed by atoms with E-state index < -0.39 is 0 Å². The summed E-state index contributed by atoms with van der Waals surface area (Å²) in [6, 6.07) is 0. The molecular weight excluding hydrogens is 294 g/mol. The molecule has 0 aliphatic carbocycles. The number of hydrogen-bond acceptors (Lipinski definition) is 5. The molecule has 0 aromatic heterocycles. The van der Waals surface area contributed by atoms with Crippen molar-refractivity contribution < 1.29 is 9.59 Å². The van der Waals surface area contributed by atoms with Crippen molar-refractivity contribution in [3.8, 4) is 0 Å². The number of carbonyl (C=O) groups is 2. The minimum Gasteiger partial charge on any atom is -0.344 e. The van der Waals surface area contributed by atoms with E-state index in [1.807, 2.05) is 0 Å². The van der Waals surface area contributed by atoms with Gasteiger partial charge in [0.15, 0.2) is 0 Å². The number of hydrogen-bond donors (Lipinski definition) is 4. The third-order valence-corrected chi connectivity index (χ3v) is 4.62. The number of likely N-dealkylation sites (tertiary alicyclic amines) is 1. The number of carbonyl (C=O) groups excluding carboxylic acids is 2. The van der Waals surface area contributed by atoms with Crippen LogP contribution < -0.4 is 16.0 Å². The fourth-order valence-electron chi connectivity index (χ4n) is 3.33. The second-order valence-corrected chi connectivity index (χ2v) is 6.17. The summed E-state index contributed by atoms with van der Waals surface area (Å²) in [5.41, 5.74) is 1.07. The zero-order valence-corrected chi connectivity index (χ0v) is 13.2. The van der Waals surface area contributed by atoms with Crippen LogP contribution in [0.25, 0.3) is 0 Å². The molecule has 3 rings (SSSR count). The molecule has 2 fully saturated rings. The molecule has 0 unspecified atom stereocenters. The van der Waals surface area contributed by atoms with Crippen LogP contribution in [0.5, 0.6) is 0 Å². The smallest absolute Gasteiger partial charge is 0.259 e. The molecule has 3 aliphatic heterocycles. The van der Waals surface area contributed by atoms with E-state index >= 15 is 0 Å². The Morgan fingerprint density at radius 3 is 2.57 bits per heavy atom. The lowest BCUT2D eigenvalue weighted by Gasteiger charge is -2.30. The maximum Gasteiger partial charge on any atom is 0.259 e. The van der Waals surface area contributed by atoms with E-state index in [-0.39, 0.29) is 23.3 Å². The molecule has 0 radical (unpaired) electrons.